The summed E-state index contributed by atoms with van der Waals surface area (Å²) in [5, 5.41) is 0. The van der Waals surface area contributed by atoms with Crippen LogP contribution in [0.1, 0.15) is 69.2 Å². The van der Waals surface area contributed by atoms with Gasteiger partial charge in [-0.15, -0.1) is 0 Å². The molecule has 0 heterocycles. The first-order valence-electron chi connectivity index (χ1n) is 7.64. The van der Waals surface area contributed by atoms with Crippen molar-refractivity contribution in [1.82, 2.24) is 0 Å². The maximum absolute atomic E-state index is 6.29. The first kappa shape index (κ1) is 20.1. The predicted octanol–water partition coefficient (Wildman–Crippen LogP) is 4.15. The van der Waals surface area contributed by atoms with Crippen LogP contribution in [-0.4, -0.2) is 33.0 Å². The molecule has 0 radical (unpaired) electrons. The Morgan fingerprint density at radius 1 is 0.650 bits per heavy atom. The lowest BCUT2D eigenvalue weighted by Crippen LogP contribution is -2.58. The SMILES string of the molecule is CC(C)O[Si](OC(C)C)(OC(C)C)OC(C)(C)C(C)C. The predicted molar refractivity (Wildman–Crippen MR) is 84.4 cm³/mol. The van der Waals surface area contributed by atoms with E-state index >= 15 is 0 Å². The Morgan fingerprint density at radius 2 is 0.950 bits per heavy atom. The average molecular weight is 307 g/mol. The molecule has 0 aliphatic carbocycles. The fourth-order valence-corrected chi connectivity index (χ4v) is 4.38. The van der Waals surface area contributed by atoms with Crippen LogP contribution in [0.15, 0.2) is 0 Å². The van der Waals surface area contributed by atoms with Gasteiger partial charge in [0.1, 0.15) is 0 Å². The lowest BCUT2D eigenvalue weighted by atomic mass is 9.95. The molecule has 0 saturated heterocycles. The fraction of sp³-hybridized carbons (Fsp3) is 1.00. The van der Waals surface area contributed by atoms with E-state index in [2.05, 4.69) is 27.7 Å². The molecule has 0 bridgehead atoms. The van der Waals surface area contributed by atoms with E-state index in [9.17, 15) is 0 Å². The van der Waals surface area contributed by atoms with Crippen LogP contribution in [0.25, 0.3) is 0 Å². The summed E-state index contributed by atoms with van der Waals surface area (Å²) in [6, 6.07) is 0. The molecule has 0 fully saturated rings. The molecule has 5 heteroatoms. The van der Waals surface area contributed by atoms with Crippen molar-refractivity contribution in [3.63, 3.8) is 0 Å². The van der Waals surface area contributed by atoms with E-state index in [4.69, 9.17) is 17.7 Å². The summed E-state index contributed by atoms with van der Waals surface area (Å²) in [6.07, 6.45) is -0.0358. The van der Waals surface area contributed by atoms with Gasteiger partial charge in [0.15, 0.2) is 0 Å². The lowest BCUT2D eigenvalue weighted by molar-refractivity contribution is -0.123. The molecular weight excluding hydrogens is 272 g/mol. The van der Waals surface area contributed by atoms with Crippen LogP contribution in [-0.2, 0) is 17.7 Å². The zero-order valence-electron chi connectivity index (χ0n) is 14.9. The van der Waals surface area contributed by atoms with Crippen LogP contribution in [0.5, 0.6) is 0 Å². The van der Waals surface area contributed by atoms with Gasteiger partial charge in [-0.25, -0.2) is 0 Å². The van der Waals surface area contributed by atoms with Crippen molar-refractivity contribution in [3.05, 3.63) is 0 Å². The van der Waals surface area contributed by atoms with Crippen molar-refractivity contribution in [1.29, 1.82) is 0 Å². The Balaban J connectivity index is 5.35. The molecule has 0 aromatic rings. The van der Waals surface area contributed by atoms with Crippen molar-refractivity contribution in [2.45, 2.75) is 93.2 Å². The third kappa shape index (κ3) is 7.18. The minimum Gasteiger partial charge on any atom is -0.349 e. The Morgan fingerprint density at radius 3 is 1.15 bits per heavy atom. The van der Waals surface area contributed by atoms with Crippen LogP contribution in [0, 0.1) is 5.92 Å². The van der Waals surface area contributed by atoms with Gasteiger partial charge in [-0.2, -0.15) is 0 Å². The number of hydrogen-bond acceptors (Lipinski definition) is 4. The molecule has 0 aliphatic heterocycles. The van der Waals surface area contributed by atoms with Gasteiger partial charge in [-0.05, 0) is 61.3 Å². The van der Waals surface area contributed by atoms with E-state index in [1.807, 2.05) is 41.5 Å². The molecular formula is C15H34O4Si. The monoisotopic (exact) mass is 306 g/mol. The molecule has 0 spiro atoms. The summed E-state index contributed by atoms with van der Waals surface area (Å²) in [5.74, 6) is 0.330. The molecule has 0 N–H and O–H groups in total. The second kappa shape index (κ2) is 7.89. The summed E-state index contributed by atoms with van der Waals surface area (Å²) < 4.78 is 24.3. The maximum Gasteiger partial charge on any atom is 0.680 e. The first-order valence-corrected chi connectivity index (χ1v) is 9.27. The molecule has 0 aromatic carbocycles. The number of hydrogen-bond donors (Lipinski definition) is 0. The van der Waals surface area contributed by atoms with E-state index in [-0.39, 0.29) is 23.9 Å². The van der Waals surface area contributed by atoms with Crippen molar-refractivity contribution in [2.75, 3.05) is 0 Å². The van der Waals surface area contributed by atoms with Crippen LogP contribution in [0.3, 0.4) is 0 Å². The minimum atomic E-state index is -3.18. The zero-order valence-corrected chi connectivity index (χ0v) is 15.9. The topological polar surface area (TPSA) is 36.9 Å². The highest BCUT2D eigenvalue weighted by Crippen LogP contribution is 2.29. The Bertz CT molecular complexity index is 249. The summed E-state index contributed by atoms with van der Waals surface area (Å²) in [5.41, 5.74) is -0.370. The van der Waals surface area contributed by atoms with E-state index in [0.717, 1.165) is 0 Å². The molecule has 4 nitrogen and oxygen atoms in total. The van der Waals surface area contributed by atoms with Gasteiger partial charge in [0.05, 0.1) is 5.60 Å². The van der Waals surface area contributed by atoms with Gasteiger partial charge >= 0.3 is 9.05 Å². The van der Waals surface area contributed by atoms with Crippen molar-refractivity contribution in [2.24, 2.45) is 5.92 Å². The summed E-state index contributed by atoms with van der Waals surface area (Å²) in [7, 11) is -3.18. The second-order valence-electron chi connectivity index (χ2n) is 6.86. The van der Waals surface area contributed by atoms with Gasteiger partial charge in [0.2, 0.25) is 0 Å². The van der Waals surface area contributed by atoms with Crippen LogP contribution >= 0.6 is 0 Å². The number of rotatable bonds is 9. The van der Waals surface area contributed by atoms with Crippen LogP contribution < -0.4 is 0 Å². The second-order valence-corrected chi connectivity index (χ2v) is 8.77. The standard InChI is InChI=1S/C15H34O4Si/c1-11(2)15(9,10)19-20(16-12(3)4,17-13(5)6)18-14(7)8/h11-14H,1-10H3. The summed E-state index contributed by atoms with van der Waals surface area (Å²) in [6.45, 7) is 20.2. The van der Waals surface area contributed by atoms with Crippen molar-refractivity contribution < 1.29 is 17.7 Å². The zero-order chi connectivity index (χ0) is 16.1. The van der Waals surface area contributed by atoms with E-state index in [0.29, 0.717) is 5.92 Å². The molecule has 20 heavy (non-hydrogen) atoms. The molecule has 0 saturated carbocycles. The van der Waals surface area contributed by atoms with Crippen molar-refractivity contribution in [3.8, 4) is 0 Å². The quantitative estimate of drug-likeness (QED) is 0.600. The van der Waals surface area contributed by atoms with E-state index < -0.39 is 9.05 Å². The summed E-state index contributed by atoms with van der Waals surface area (Å²) >= 11 is 0. The van der Waals surface area contributed by atoms with Gasteiger partial charge in [-0.3, -0.25) is 0 Å². The van der Waals surface area contributed by atoms with E-state index in [1.165, 1.54) is 0 Å². The minimum absolute atomic E-state index is 0.0119. The van der Waals surface area contributed by atoms with E-state index in [1.54, 1.807) is 0 Å². The maximum atomic E-state index is 6.29. The molecule has 0 aliphatic rings. The largest absolute Gasteiger partial charge is 0.680 e. The lowest BCUT2D eigenvalue weighted by Gasteiger charge is -2.40. The van der Waals surface area contributed by atoms with Gasteiger partial charge in [0, 0.05) is 18.3 Å². The Kier molecular flexibility index (Phi) is 7.92. The highest BCUT2D eigenvalue weighted by Gasteiger charge is 2.52. The Labute approximate surface area is 126 Å². The third-order valence-corrected chi connectivity index (χ3v) is 5.97. The van der Waals surface area contributed by atoms with Gasteiger partial charge < -0.3 is 17.7 Å². The third-order valence-electron chi connectivity index (χ3n) is 2.92. The van der Waals surface area contributed by atoms with Crippen LogP contribution in [0.2, 0.25) is 0 Å². The normalized spacial score (nSPS) is 14.1. The molecule has 122 valence electrons. The molecule has 0 unspecified atom stereocenters. The molecule has 0 amide bonds. The summed E-state index contributed by atoms with van der Waals surface area (Å²) in [4.78, 5) is 0. The fourth-order valence-electron chi connectivity index (χ4n) is 1.46. The Hall–Kier alpha value is 0.0569. The molecule has 0 atom stereocenters. The van der Waals surface area contributed by atoms with Crippen LogP contribution in [0.4, 0.5) is 0 Å². The van der Waals surface area contributed by atoms with Gasteiger partial charge in [-0.1, -0.05) is 13.8 Å². The average Bonchev–Trinajstić information content (AvgIpc) is 2.10. The highest BCUT2D eigenvalue weighted by atomic mass is 28.4. The smallest absolute Gasteiger partial charge is 0.349 e. The highest BCUT2D eigenvalue weighted by molar-refractivity contribution is 6.53. The molecule has 0 rings (SSSR count). The van der Waals surface area contributed by atoms with Crippen molar-refractivity contribution >= 4 is 9.05 Å². The first-order chi connectivity index (χ1) is 8.90. The van der Waals surface area contributed by atoms with Gasteiger partial charge in [0.25, 0.3) is 0 Å². The molecule has 0 aromatic heterocycles.